The van der Waals surface area contributed by atoms with Crippen LogP contribution in [0.5, 0.6) is 0 Å². The van der Waals surface area contributed by atoms with Crippen molar-refractivity contribution < 1.29 is 9.47 Å². The smallest absolute Gasteiger partial charge is 0.0931 e. The summed E-state index contributed by atoms with van der Waals surface area (Å²) in [5.41, 5.74) is 1.40. The minimum atomic E-state index is 0.181. The summed E-state index contributed by atoms with van der Waals surface area (Å²) >= 11 is 0. The van der Waals surface area contributed by atoms with Gasteiger partial charge in [0.05, 0.1) is 12.7 Å². The topological polar surface area (TPSA) is 24.9 Å². The van der Waals surface area contributed by atoms with Gasteiger partial charge in [0, 0.05) is 53.5 Å². The number of benzene rings is 1. The molecule has 1 saturated heterocycles. The van der Waals surface area contributed by atoms with E-state index in [9.17, 15) is 0 Å². The number of rotatable bonds is 7. The predicted octanol–water partition coefficient (Wildman–Crippen LogP) is 1.47. The predicted molar refractivity (Wildman–Crippen MR) is 80.8 cm³/mol. The Labute approximate surface area is 122 Å². The number of hydrogen-bond acceptors (Lipinski definition) is 4. The largest absolute Gasteiger partial charge is 0.382 e. The average Bonchev–Trinajstić information content (AvgIpc) is 2.50. The lowest BCUT2D eigenvalue weighted by molar-refractivity contribution is -0.00386. The molecule has 0 unspecified atom stereocenters. The lowest BCUT2D eigenvalue weighted by Crippen LogP contribution is -2.48. The molecule has 4 heteroatoms. The SMILES string of the molecule is COC[C@@H](CN1CCN(Cc2ccccc2)CC1)OC. The first kappa shape index (κ1) is 15.4. The van der Waals surface area contributed by atoms with Crippen molar-refractivity contribution in [3.8, 4) is 0 Å². The summed E-state index contributed by atoms with van der Waals surface area (Å²) in [4.78, 5) is 4.98. The Morgan fingerprint density at radius 3 is 2.25 bits per heavy atom. The first-order valence-electron chi connectivity index (χ1n) is 7.32. The van der Waals surface area contributed by atoms with E-state index in [4.69, 9.17) is 9.47 Å². The molecule has 20 heavy (non-hydrogen) atoms. The van der Waals surface area contributed by atoms with Gasteiger partial charge in [-0.05, 0) is 5.56 Å². The van der Waals surface area contributed by atoms with Gasteiger partial charge >= 0.3 is 0 Å². The third-order valence-corrected chi connectivity index (χ3v) is 3.86. The number of methoxy groups -OCH3 is 2. The molecule has 0 aliphatic carbocycles. The zero-order valence-electron chi connectivity index (χ0n) is 12.6. The number of piperazine rings is 1. The number of ether oxygens (including phenoxy) is 2. The zero-order chi connectivity index (χ0) is 14.2. The van der Waals surface area contributed by atoms with Crippen LogP contribution in [0.4, 0.5) is 0 Å². The van der Waals surface area contributed by atoms with Crippen LogP contribution in [0.2, 0.25) is 0 Å². The molecule has 1 aliphatic rings. The van der Waals surface area contributed by atoms with Crippen LogP contribution >= 0.6 is 0 Å². The van der Waals surface area contributed by atoms with Gasteiger partial charge < -0.3 is 9.47 Å². The Kier molecular flexibility index (Phi) is 6.47. The van der Waals surface area contributed by atoms with Crippen molar-refractivity contribution in [2.45, 2.75) is 12.6 Å². The third-order valence-electron chi connectivity index (χ3n) is 3.86. The molecule has 1 atom stereocenters. The van der Waals surface area contributed by atoms with E-state index in [0.29, 0.717) is 6.61 Å². The van der Waals surface area contributed by atoms with Crippen molar-refractivity contribution >= 4 is 0 Å². The van der Waals surface area contributed by atoms with E-state index in [2.05, 4.69) is 40.1 Å². The Hall–Kier alpha value is -0.940. The fourth-order valence-corrected chi connectivity index (χ4v) is 2.64. The Bertz CT molecular complexity index is 364. The Morgan fingerprint density at radius 2 is 1.65 bits per heavy atom. The van der Waals surface area contributed by atoms with Gasteiger partial charge in [-0.1, -0.05) is 30.3 Å². The van der Waals surface area contributed by atoms with Gasteiger partial charge in [-0.3, -0.25) is 9.80 Å². The molecule has 0 bridgehead atoms. The summed E-state index contributed by atoms with van der Waals surface area (Å²) in [6, 6.07) is 10.7. The van der Waals surface area contributed by atoms with Crippen molar-refractivity contribution in [2.24, 2.45) is 0 Å². The number of nitrogens with zero attached hydrogens (tertiary/aromatic N) is 2. The van der Waals surface area contributed by atoms with Crippen LogP contribution in [-0.4, -0.2) is 69.5 Å². The fourth-order valence-electron chi connectivity index (χ4n) is 2.64. The van der Waals surface area contributed by atoms with Crippen LogP contribution in [0.1, 0.15) is 5.56 Å². The van der Waals surface area contributed by atoms with Crippen LogP contribution in [0.3, 0.4) is 0 Å². The molecule has 1 aliphatic heterocycles. The molecule has 112 valence electrons. The van der Waals surface area contributed by atoms with Crippen molar-refractivity contribution in [1.29, 1.82) is 0 Å². The average molecular weight is 278 g/mol. The lowest BCUT2D eigenvalue weighted by atomic mass is 10.2. The van der Waals surface area contributed by atoms with Crippen molar-refractivity contribution in [2.75, 3.05) is 53.6 Å². The molecule has 1 fully saturated rings. The zero-order valence-corrected chi connectivity index (χ0v) is 12.6. The summed E-state index contributed by atoms with van der Waals surface area (Å²) in [7, 11) is 3.49. The van der Waals surface area contributed by atoms with Crippen molar-refractivity contribution in [3.05, 3.63) is 35.9 Å². The molecule has 1 aromatic rings. The molecule has 0 saturated carbocycles. The molecule has 0 amide bonds. The van der Waals surface area contributed by atoms with Gasteiger partial charge in [0.1, 0.15) is 0 Å². The summed E-state index contributed by atoms with van der Waals surface area (Å²) in [5, 5.41) is 0. The first-order chi connectivity index (χ1) is 9.81. The normalized spacial score (nSPS) is 19.1. The summed E-state index contributed by atoms with van der Waals surface area (Å²) in [6.07, 6.45) is 0.181. The van der Waals surface area contributed by atoms with Gasteiger partial charge in [0.25, 0.3) is 0 Å². The minimum Gasteiger partial charge on any atom is -0.382 e. The van der Waals surface area contributed by atoms with Gasteiger partial charge in [-0.25, -0.2) is 0 Å². The van der Waals surface area contributed by atoms with E-state index in [1.54, 1.807) is 14.2 Å². The lowest BCUT2D eigenvalue weighted by Gasteiger charge is -2.36. The highest BCUT2D eigenvalue weighted by Gasteiger charge is 2.19. The summed E-state index contributed by atoms with van der Waals surface area (Å²) < 4.78 is 10.6. The van der Waals surface area contributed by atoms with E-state index in [1.807, 2.05) is 0 Å². The molecule has 0 N–H and O–H groups in total. The Morgan fingerprint density at radius 1 is 1.00 bits per heavy atom. The standard InChI is InChI=1S/C16H26N2O2/c1-19-14-16(20-2)13-18-10-8-17(9-11-18)12-15-6-4-3-5-7-15/h3-7,16H,8-14H2,1-2H3/t16-/m1/s1. The van der Waals surface area contributed by atoms with Crippen LogP contribution in [0.25, 0.3) is 0 Å². The molecule has 2 rings (SSSR count). The molecule has 1 heterocycles. The molecule has 4 nitrogen and oxygen atoms in total. The van der Waals surface area contributed by atoms with Gasteiger partial charge in [0.2, 0.25) is 0 Å². The molecule has 1 aromatic carbocycles. The van der Waals surface area contributed by atoms with Crippen molar-refractivity contribution in [3.63, 3.8) is 0 Å². The van der Waals surface area contributed by atoms with Crippen LogP contribution in [0, 0.1) is 0 Å². The van der Waals surface area contributed by atoms with Crippen LogP contribution in [0.15, 0.2) is 30.3 Å². The van der Waals surface area contributed by atoms with E-state index < -0.39 is 0 Å². The second kappa shape index (κ2) is 8.37. The van der Waals surface area contributed by atoms with Gasteiger partial charge in [-0.2, -0.15) is 0 Å². The maximum Gasteiger partial charge on any atom is 0.0931 e. The first-order valence-corrected chi connectivity index (χ1v) is 7.32. The molecule has 0 spiro atoms. The highest BCUT2D eigenvalue weighted by Crippen LogP contribution is 2.09. The van der Waals surface area contributed by atoms with Crippen molar-refractivity contribution in [1.82, 2.24) is 9.80 Å². The highest BCUT2D eigenvalue weighted by molar-refractivity contribution is 5.14. The van der Waals surface area contributed by atoms with Gasteiger partial charge in [0.15, 0.2) is 0 Å². The van der Waals surface area contributed by atoms with Crippen LogP contribution < -0.4 is 0 Å². The van der Waals surface area contributed by atoms with E-state index in [1.165, 1.54) is 5.56 Å². The molecular formula is C16H26N2O2. The monoisotopic (exact) mass is 278 g/mol. The molecule has 0 aromatic heterocycles. The summed E-state index contributed by atoms with van der Waals surface area (Å²) in [6.45, 7) is 7.15. The maximum atomic E-state index is 5.44. The number of hydrogen-bond donors (Lipinski definition) is 0. The second-order valence-corrected chi connectivity index (χ2v) is 5.38. The second-order valence-electron chi connectivity index (χ2n) is 5.38. The van der Waals surface area contributed by atoms with Crippen LogP contribution in [-0.2, 0) is 16.0 Å². The van der Waals surface area contributed by atoms with E-state index in [0.717, 1.165) is 39.3 Å². The molecular weight excluding hydrogens is 252 g/mol. The van der Waals surface area contributed by atoms with E-state index in [-0.39, 0.29) is 6.10 Å². The quantitative estimate of drug-likeness (QED) is 0.754. The summed E-state index contributed by atoms with van der Waals surface area (Å²) in [5.74, 6) is 0. The molecule has 0 radical (unpaired) electrons. The highest BCUT2D eigenvalue weighted by atomic mass is 16.5. The fraction of sp³-hybridized carbons (Fsp3) is 0.625. The Balaban J connectivity index is 1.72. The maximum absolute atomic E-state index is 5.44. The van der Waals surface area contributed by atoms with E-state index >= 15 is 0 Å². The van der Waals surface area contributed by atoms with Gasteiger partial charge in [-0.15, -0.1) is 0 Å². The minimum absolute atomic E-state index is 0.181. The third kappa shape index (κ3) is 4.87.